The molecule has 0 spiro atoms. The smallest absolute Gasteiger partial charge is 0.248 e. The lowest BCUT2D eigenvalue weighted by molar-refractivity contribution is 0.100. The first-order valence-corrected chi connectivity index (χ1v) is 6.09. The summed E-state index contributed by atoms with van der Waals surface area (Å²) >= 11 is 0. The topological polar surface area (TPSA) is 56.0 Å². The van der Waals surface area contributed by atoms with E-state index in [1.54, 1.807) is 30.5 Å². The maximum Gasteiger partial charge on any atom is 0.248 e. The molecule has 2 N–H and O–H groups in total. The van der Waals surface area contributed by atoms with E-state index in [4.69, 9.17) is 5.73 Å². The van der Waals surface area contributed by atoms with Gasteiger partial charge in [-0.2, -0.15) is 0 Å². The summed E-state index contributed by atoms with van der Waals surface area (Å²) in [4.78, 5) is 15.5. The fourth-order valence-electron chi connectivity index (χ4n) is 2.11. The fourth-order valence-corrected chi connectivity index (χ4v) is 2.11. The second-order valence-electron chi connectivity index (χ2n) is 4.51. The highest BCUT2D eigenvalue weighted by atomic mass is 19.1. The van der Waals surface area contributed by atoms with Gasteiger partial charge >= 0.3 is 0 Å². The SMILES string of the molecule is NC(=O)c1ccc2ncc(-c3cccc(F)c3)cc2c1. The first kappa shape index (κ1) is 12.3. The predicted octanol–water partition coefficient (Wildman–Crippen LogP) is 3.14. The van der Waals surface area contributed by atoms with E-state index in [0.717, 1.165) is 22.0 Å². The number of fused-ring (bicyclic) bond motifs is 1. The molecule has 1 heterocycles. The van der Waals surface area contributed by atoms with Gasteiger partial charge < -0.3 is 5.73 Å². The zero-order valence-corrected chi connectivity index (χ0v) is 10.5. The van der Waals surface area contributed by atoms with E-state index in [0.29, 0.717) is 5.56 Å². The van der Waals surface area contributed by atoms with Gasteiger partial charge in [0.25, 0.3) is 0 Å². The summed E-state index contributed by atoms with van der Waals surface area (Å²) < 4.78 is 13.3. The number of pyridine rings is 1. The Bertz CT molecular complexity index is 814. The van der Waals surface area contributed by atoms with Gasteiger partial charge in [-0.25, -0.2) is 4.39 Å². The number of amides is 1. The fraction of sp³-hybridized carbons (Fsp3) is 0. The molecule has 0 aliphatic carbocycles. The standard InChI is InChI=1S/C16H11FN2O/c17-14-3-1-2-10(8-14)13-7-12-6-11(16(18)20)4-5-15(12)19-9-13/h1-9H,(H2,18,20). The average molecular weight is 266 g/mol. The molecular weight excluding hydrogens is 255 g/mol. The summed E-state index contributed by atoms with van der Waals surface area (Å²) in [5.74, 6) is -0.781. The summed E-state index contributed by atoms with van der Waals surface area (Å²) in [6.07, 6.45) is 1.68. The van der Waals surface area contributed by atoms with E-state index in [9.17, 15) is 9.18 Å². The van der Waals surface area contributed by atoms with Crippen molar-refractivity contribution < 1.29 is 9.18 Å². The zero-order valence-electron chi connectivity index (χ0n) is 10.5. The first-order valence-electron chi connectivity index (χ1n) is 6.09. The molecule has 2 aromatic carbocycles. The highest BCUT2D eigenvalue weighted by molar-refractivity contribution is 5.97. The van der Waals surface area contributed by atoms with Crippen molar-refractivity contribution in [3.63, 3.8) is 0 Å². The minimum Gasteiger partial charge on any atom is -0.366 e. The Kier molecular flexibility index (Phi) is 2.91. The minimum absolute atomic E-state index is 0.298. The van der Waals surface area contributed by atoms with Gasteiger partial charge in [0.15, 0.2) is 0 Å². The number of aromatic nitrogens is 1. The number of nitrogens with two attached hydrogens (primary N) is 1. The third-order valence-electron chi connectivity index (χ3n) is 3.12. The van der Waals surface area contributed by atoms with E-state index in [2.05, 4.69) is 4.98 Å². The van der Waals surface area contributed by atoms with Crippen LogP contribution in [0.15, 0.2) is 54.7 Å². The number of rotatable bonds is 2. The van der Waals surface area contributed by atoms with Crippen LogP contribution < -0.4 is 5.73 Å². The van der Waals surface area contributed by atoms with Gasteiger partial charge in [0, 0.05) is 22.7 Å². The van der Waals surface area contributed by atoms with Crippen LogP contribution >= 0.6 is 0 Å². The van der Waals surface area contributed by atoms with E-state index in [1.807, 2.05) is 12.1 Å². The molecule has 1 aromatic heterocycles. The van der Waals surface area contributed by atoms with Crippen LogP contribution in [0.4, 0.5) is 4.39 Å². The summed E-state index contributed by atoms with van der Waals surface area (Å²) in [6, 6.07) is 13.2. The molecule has 0 atom stereocenters. The molecule has 1 amide bonds. The molecule has 0 bridgehead atoms. The average Bonchev–Trinajstić information content (AvgIpc) is 2.46. The van der Waals surface area contributed by atoms with Gasteiger partial charge in [-0.1, -0.05) is 12.1 Å². The molecule has 3 nitrogen and oxygen atoms in total. The quantitative estimate of drug-likeness (QED) is 0.774. The molecule has 0 aliphatic rings. The summed E-state index contributed by atoms with van der Waals surface area (Å²) in [5.41, 5.74) is 7.98. The number of carbonyl (C=O) groups is 1. The molecule has 20 heavy (non-hydrogen) atoms. The number of carbonyl (C=O) groups excluding carboxylic acids is 1. The number of primary amides is 1. The molecule has 3 aromatic rings. The third-order valence-corrected chi connectivity index (χ3v) is 3.12. The van der Waals surface area contributed by atoms with Gasteiger partial charge in [-0.3, -0.25) is 9.78 Å². The predicted molar refractivity (Wildman–Crippen MR) is 75.7 cm³/mol. The van der Waals surface area contributed by atoms with Gasteiger partial charge in [0.2, 0.25) is 5.91 Å². The molecule has 4 heteroatoms. The van der Waals surface area contributed by atoms with Crippen LogP contribution in [0.3, 0.4) is 0 Å². The van der Waals surface area contributed by atoms with Crippen LogP contribution in [-0.4, -0.2) is 10.9 Å². The number of hydrogen-bond acceptors (Lipinski definition) is 2. The normalized spacial score (nSPS) is 10.7. The summed E-state index contributed by atoms with van der Waals surface area (Å²) in [6.45, 7) is 0. The van der Waals surface area contributed by atoms with Gasteiger partial charge in [0.1, 0.15) is 5.82 Å². The molecular formula is C16H11FN2O. The second-order valence-corrected chi connectivity index (χ2v) is 4.51. The Labute approximate surface area is 114 Å². The lowest BCUT2D eigenvalue weighted by Gasteiger charge is -2.05. The van der Waals surface area contributed by atoms with Crippen molar-refractivity contribution in [2.75, 3.05) is 0 Å². The highest BCUT2D eigenvalue weighted by Gasteiger charge is 2.05. The van der Waals surface area contributed by atoms with E-state index in [-0.39, 0.29) is 5.82 Å². The van der Waals surface area contributed by atoms with E-state index in [1.165, 1.54) is 12.1 Å². The van der Waals surface area contributed by atoms with Crippen molar-refractivity contribution in [1.29, 1.82) is 0 Å². The second kappa shape index (κ2) is 4.74. The Morgan fingerprint density at radius 1 is 1.05 bits per heavy atom. The number of benzene rings is 2. The number of halogens is 1. The summed E-state index contributed by atoms with van der Waals surface area (Å²) in [5, 5.41) is 0.795. The Balaban J connectivity index is 2.16. The molecule has 98 valence electrons. The third kappa shape index (κ3) is 2.23. The Hall–Kier alpha value is -2.75. The summed E-state index contributed by atoms with van der Waals surface area (Å²) in [7, 11) is 0. The lowest BCUT2D eigenvalue weighted by atomic mass is 10.0. The lowest BCUT2D eigenvalue weighted by Crippen LogP contribution is -2.10. The van der Waals surface area contributed by atoms with Crippen molar-refractivity contribution in [2.45, 2.75) is 0 Å². The van der Waals surface area contributed by atoms with Crippen LogP contribution in [0.2, 0.25) is 0 Å². The maximum absolute atomic E-state index is 13.3. The van der Waals surface area contributed by atoms with Crippen molar-refractivity contribution in [3.05, 3.63) is 66.1 Å². The van der Waals surface area contributed by atoms with Crippen molar-refractivity contribution in [1.82, 2.24) is 4.98 Å². The van der Waals surface area contributed by atoms with E-state index >= 15 is 0 Å². The molecule has 0 aliphatic heterocycles. The number of nitrogens with zero attached hydrogens (tertiary/aromatic N) is 1. The molecule has 0 fully saturated rings. The van der Waals surface area contributed by atoms with Crippen LogP contribution in [0.25, 0.3) is 22.0 Å². The van der Waals surface area contributed by atoms with Crippen LogP contribution in [0.1, 0.15) is 10.4 Å². The van der Waals surface area contributed by atoms with Crippen molar-refractivity contribution >= 4 is 16.8 Å². The largest absolute Gasteiger partial charge is 0.366 e. The van der Waals surface area contributed by atoms with Crippen LogP contribution in [0, 0.1) is 5.82 Å². The van der Waals surface area contributed by atoms with Crippen LogP contribution in [0.5, 0.6) is 0 Å². The molecule has 3 rings (SSSR count). The molecule has 0 saturated carbocycles. The first-order chi connectivity index (χ1) is 9.63. The highest BCUT2D eigenvalue weighted by Crippen LogP contribution is 2.23. The van der Waals surface area contributed by atoms with Crippen molar-refractivity contribution in [3.8, 4) is 11.1 Å². The minimum atomic E-state index is -0.483. The van der Waals surface area contributed by atoms with E-state index < -0.39 is 5.91 Å². The van der Waals surface area contributed by atoms with Gasteiger partial charge in [-0.05, 0) is 42.0 Å². The van der Waals surface area contributed by atoms with Gasteiger partial charge in [-0.15, -0.1) is 0 Å². The Morgan fingerprint density at radius 2 is 1.90 bits per heavy atom. The molecule has 0 unspecified atom stereocenters. The molecule has 0 radical (unpaired) electrons. The van der Waals surface area contributed by atoms with Crippen molar-refractivity contribution in [2.24, 2.45) is 5.73 Å². The maximum atomic E-state index is 13.3. The zero-order chi connectivity index (χ0) is 14.1. The Morgan fingerprint density at radius 3 is 2.65 bits per heavy atom. The van der Waals surface area contributed by atoms with Crippen LogP contribution in [-0.2, 0) is 0 Å². The van der Waals surface area contributed by atoms with Gasteiger partial charge in [0.05, 0.1) is 5.52 Å². The molecule has 0 saturated heterocycles. The number of hydrogen-bond donors (Lipinski definition) is 1. The monoisotopic (exact) mass is 266 g/mol.